The van der Waals surface area contributed by atoms with Gasteiger partial charge in [-0.3, -0.25) is 0 Å². The van der Waals surface area contributed by atoms with Crippen LogP contribution in [0.3, 0.4) is 0 Å². The van der Waals surface area contributed by atoms with Crippen LogP contribution in [-0.4, -0.2) is 15.1 Å². The van der Waals surface area contributed by atoms with Gasteiger partial charge < -0.3 is 5.11 Å². The zero-order valence-electron chi connectivity index (χ0n) is 7.09. The van der Waals surface area contributed by atoms with Crippen LogP contribution in [-0.2, 0) is 0 Å². The number of aliphatic hydroxyl groups excluding tert-OH is 1. The molecule has 0 aromatic carbocycles. The Morgan fingerprint density at radius 2 is 2.00 bits per heavy atom. The molecule has 0 spiro atoms. The lowest BCUT2D eigenvalue weighted by Gasteiger charge is -2.06. The topological polar surface area (TPSA) is 46.0 Å². The molecule has 5 heteroatoms. The van der Waals surface area contributed by atoms with E-state index in [1.54, 1.807) is 18.5 Å². The molecule has 72 valence electrons. The van der Waals surface area contributed by atoms with Gasteiger partial charge in [0.2, 0.25) is 0 Å². The van der Waals surface area contributed by atoms with Gasteiger partial charge in [-0.2, -0.15) is 0 Å². The van der Waals surface area contributed by atoms with Crippen molar-refractivity contribution in [2.24, 2.45) is 0 Å². The maximum Gasteiger partial charge on any atom is 0.115 e. The SMILES string of the molecule is OC(c1cncnc1)c1csc(Cl)c1. The zero-order chi connectivity index (χ0) is 9.97. The molecule has 0 aliphatic rings. The van der Waals surface area contributed by atoms with Crippen molar-refractivity contribution in [1.82, 2.24) is 9.97 Å². The van der Waals surface area contributed by atoms with Crippen LogP contribution in [0, 0.1) is 0 Å². The van der Waals surface area contributed by atoms with Gasteiger partial charge in [0.25, 0.3) is 0 Å². The van der Waals surface area contributed by atoms with E-state index in [0.29, 0.717) is 9.90 Å². The first-order valence-electron chi connectivity index (χ1n) is 3.94. The van der Waals surface area contributed by atoms with Gasteiger partial charge in [0, 0.05) is 18.0 Å². The van der Waals surface area contributed by atoms with Crippen LogP contribution in [0.4, 0.5) is 0 Å². The van der Waals surface area contributed by atoms with E-state index < -0.39 is 6.10 Å². The second kappa shape index (κ2) is 4.04. The predicted molar refractivity (Wildman–Crippen MR) is 55.4 cm³/mol. The Morgan fingerprint density at radius 3 is 2.57 bits per heavy atom. The van der Waals surface area contributed by atoms with Crippen molar-refractivity contribution in [3.8, 4) is 0 Å². The summed E-state index contributed by atoms with van der Waals surface area (Å²) in [5, 5.41) is 11.7. The molecule has 0 saturated carbocycles. The number of nitrogens with zero attached hydrogens (tertiary/aromatic N) is 2. The fraction of sp³-hybridized carbons (Fsp3) is 0.111. The van der Waals surface area contributed by atoms with Crippen LogP contribution < -0.4 is 0 Å². The highest BCUT2D eigenvalue weighted by molar-refractivity contribution is 7.14. The number of aliphatic hydroxyl groups is 1. The van der Waals surface area contributed by atoms with E-state index in [9.17, 15) is 5.11 Å². The second-order valence-corrected chi connectivity index (χ2v) is 4.30. The van der Waals surface area contributed by atoms with Gasteiger partial charge in [-0.05, 0) is 17.0 Å². The number of aromatic nitrogens is 2. The summed E-state index contributed by atoms with van der Waals surface area (Å²) in [4.78, 5) is 7.67. The van der Waals surface area contributed by atoms with Crippen LogP contribution >= 0.6 is 22.9 Å². The van der Waals surface area contributed by atoms with Gasteiger partial charge >= 0.3 is 0 Å². The Bertz CT molecular complexity index is 418. The molecule has 2 aromatic rings. The van der Waals surface area contributed by atoms with Crippen molar-refractivity contribution in [2.75, 3.05) is 0 Å². The molecule has 0 fully saturated rings. The Hall–Kier alpha value is -0.970. The zero-order valence-corrected chi connectivity index (χ0v) is 8.66. The summed E-state index contributed by atoms with van der Waals surface area (Å²) in [5.74, 6) is 0. The normalized spacial score (nSPS) is 12.7. The first-order valence-corrected chi connectivity index (χ1v) is 5.20. The first kappa shape index (κ1) is 9.58. The highest BCUT2D eigenvalue weighted by atomic mass is 35.5. The van der Waals surface area contributed by atoms with Crippen molar-refractivity contribution in [2.45, 2.75) is 6.10 Å². The van der Waals surface area contributed by atoms with Gasteiger partial charge in [0.1, 0.15) is 12.4 Å². The molecule has 3 nitrogen and oxygen atoms in total. The minimum Gasteiger partial charge on any atom is -0.384 e. The highest BCUT2D eigenvalue weighted by Gasteiger charge is 2.12. The van der Waals surface area contributed by atoms with E-state index in [1.165, 1.54) is 17.7 Å². The lowest BCUT2D eigenvalue weighted by Crippen LogP contribution is -1.98. The number of halogens is 1. The number of hydrogen-bond acceptors (Lipinski definition) is 4. The standard InChI is InChI=1S/C9H7ClN2OS/c10-8-1-6(4-14-8)9(13)7-2-11-5-12-3-7/h1-5,9,13H. The van der Waals surface area contributed by atoms with Crippen molar-refractivity contribution in [1.29, 1.82) is 0 Å². The van der Waals surface area contributed by atoms with Crippen molar-refractivity contribution < 1.29 is 5.11 Å². The molecule has 1 unspecified atom stereocenters. The summed E-state index contributed by atoms with van der Waals surface area (Å²) in [5.41, 5.74) is 1.44. The fourth-order valence-corrected chi connectivity index (χ4v) is 2.02. The number of hydrogen-bond donors (Lipinski definition) is 1. The van der Waals surface area contributed by atoms with Gasteiger partial charge in [-0.1, -0.05) is 11.6 Å². The van der Waals surface area contributed by atoms with E-state index >= 15 is 0 Å². The second-order valence-electron chi connectivity index (χ2n) is 2.76. The fourth-order valence-electron chi connectivity index (χ4n) is 1.11. The van der Waals surface area contributed by atoms with Crippen LogP contribution in [0.15, 0.2) is 30.2 Å². The molecule has 1 atom stereocenters. The smallest absolute Gasteiger partial charge is 0.115 e. The van der Waals surface area contributed by atoms with Crippen molar-refractivity contribution >= 4 is 22.9 Å². The molecule has 0 saturated heterocycles. The van der Waals surface area contributed by atoms with Gasteiger partial charge in [-0.25, -0.2) is 9.97 Å². The van der Waals surface area contributed by atoms with E-state index in [4.69, 9.17) is 11.6 Å². The summed E-state index contributed by atoms with van der Waals surface area (Å²) in [6.07, 6.45) is 3.91. The van der Waals surface area contributed by atoms with E-state index in [1.807, 2.05) is 5.38 Å². The maximum absolute atomic E-state index is 9.87. The molecule has 1 N–H and O–H groups in total. The molecule has 0 aliphatic heterocycles. The first-order chi connectivity index (χ1) is 6.77. The highest BCUT2D eigenvalue weighted by Crippen LogP contribution is 2.28. The minimum atomic E-state index is -0.694. The summed E-state index contributed by atoms with van der Waals surface area (Å²) >= 11 is 7.16. The summed E-state index contributed by atoms with van der Waals surface area (Å²) in [6.45, 7) is 0. The molecular formula is C9H7ClN2OS. The lowest BCUT2D eigenvalue weighted by atomic mass is 10.1. The van der Waals surface area contributed by atoms with Crippen molar-refractivity contribution in [3.05, 3.63) is 45.6 Å². The van der Waals surface area contributed by atoms with Crippen LogP contribution in [0.2, 0.25) is 4.34 Å². The van der Waals surface area contributed by atoms with Crippen molar-refractivity contribution in [3.63, 3.8) is 0 Å². The van der Waals surface area contributed by atoms with Gasteiger partial charge in [0.15, 0.2) is 0 Å². The van der Waals surface area contributed by atoms with Crippen LogP contribution in [0.5, 0.6) is 0 Å². The number of thiophene rings is 1. The van der Waals surface area contributed by atoms with E-state index in [2.05, 4.69) is 9.97 Å². The molecule has 2 rings (SSSR count). The summed E-state index contributed by atoms with van der Waals surface area (Å²) in [6, 6.07) is 1.74. The van der Waals surface area contributed by atoms with Gasteiger partial charge in [-0.15, -0.1) is 11.3 Å². The lowest BCUT2D eigenvalue weighted by molar-refractivity contribution is 0.220. The maximum atomic E-state index is 9.87. The molecular weight excluding hydrogens is 220 g/mol. The van der Waals surface area contributed by atoms with E-state index in [0.717, 1.165) is 5.56 Å². The summed E-state index contributed by atoms with van der Waals surface area (Å²) in [7, 11) is 0. The Morgan fingerprint density at radius 1 is 1.29 bits per heavy atom. The molecule has 2 aromatic heterocycles. The van der Waals surface area contributed by atoms with Crippen LogP contribution in [0.1, 0.15) is 17.2 Å². The molecule has 0 amide bonds. The third-order valence-electron chi connectivity index (χ3n) is 1.80. The summed E-state index contributed by atoms with van der Waals surface area (Å²) < 4.78 is 0.663. The molecule has 2 heterocycles. The third kappa shape index (κ3) is 1.92. The Kier molecular flexibility index (Phi) is 2.77. The molecule has 0 radical (unpaired) electrons. The van der Waals surface area contributed by atoms with Crippen LogP contribution in [0.25, 0.3) is 0 Å². The Labute approximate surface area is 90.0 Å². The Balaban J connectivity index is 2.29. The molecule has 14 heavy (non-hydrogen) atoms. The molecule has 0 aliphatic carbocycles. The average molecular weight is 227 g/mol. The number of rotatable bonds is 2. The molecule has 0 bridgehead atoms. The van der Waals surface area contributed by atoms with E-state index in [-0.39, 0.29) is 0 Å². The quantitative estimate of drug-likeness (QED) is 0.855. The minimum absolute atomic E-state index is 0.663. The largest absolute Gasteiger partial charge is 0.384 e. The average Bonchev–Trinajstić information content (AvgIpc) is 2.65. The van der Waals surface area contributed by atoms with Gasteiger partial charge in [0.05, 0.1) is 4.34 Å². The third-order valence-corrected chi connectivity index (χ3v) is 2.91. The monoisotopic (exact) mass is 226 g/mol. The predicted octanol–water partition coefficient (Wildman–Crippen LogP) is 2.27.